The molecule has 1 aromatic heterocycles. The van der Waals surface area contributed by atoms with Gasteiger partial charge in [0.15, 0.2) is 0 Å². The van der Waals surface area contributed by atoms with Gasteiger partial charge in [-0.15, -0.1) is 0 Å². The summed E-state index contributed by atoms with van der Waals surface area (Å²) in [5, 5.41) is 0. The molecule has 0 aliphatic rings. The van der Waals surface area contributed by atoms with Gasteiger partial charge < -0.3 is 4.98 Å². The van der Waals surface area contributed by atoms with Crippen LogP contribution in [0.4, 0.5) is 0 Å². The monoisotopic (exact) mass is 208 g/mol. The van der Waals surface area contributed by atoms with Crippen molar-refractivity contribution >= 4 is 13.5 Å². The number of hydrogen-bond acceptors (Lipinski definition) is 0. The van der Waals surface area contributed by atoms with Crippen molar-refractivity contribution in [3.63, 3.8) is 0 Å². The number of aromatic amines is 1. The Morgan fingerprint density at radius 1 is 1.00 bits per heavy atom. The van der Waals surface area contributed by atoms with Crippen molar-refractivity contribution < 1.29 is 22.4 Å². The van der Waals surface area contributed by atoms with Gasteiger partial charge in [-0.1, -0.05) is 0 Å². The quantitative estimate of drug-likeness (QED) is 0.616. The number of aromatic nitrogens is 1. The fraction of sp³-hybridized carbons (Fsp3) is 0. The molecule has 1 rings (SSSR count). The van der Waals surface area contributed by atoms with Gasteiger partial charge in [0.1, 0.15) is 0 Å². The van der Waals surface area contributed by atoms with E-state index in [-0.39, 0.29) is 35.9 Å². The van der Waals surface area contributed by atoms with Crippen molar-refractivity contribution in [3.8, 4) is 0 Å². The molecule has 1 heterocycles. The van der Waals surface area contributed by atoms with Gasteiger partial charge >= 0.3 is 0 Å². The van der Waals surface area contributed by atoms with Crippen LogP contribution in [0.25, 0.3) is 0 Å². The van der Waals surface area contributed by atoms with Gasteiger partial charge in [-0.3, -0.25) is 0 Å². The summed E-state index contributed by atoms with van der Waals surface area (Å²) < 4.78 is 0. The molecule has 0 aromatic carbocycles. The summed E-state index contributed by atoms with van der Waals surface area (Å²) in [6, 6.07) is 3.89. The van der Waals surface area contributed by atoms with E-state index in [1.807, 2.05) is 24.5 Å². The van der Waals surface area contributed by atoms with Gasteiger partial charge in [-0.2, -0.15) is 13.5 Å². The van der Waals surface area contributed by atoms with E-state index >= 15 is 0 Å². The van der Waals surface area contributed by atoms with Gasteiger partial charge in [-0.05, 0) is 12.1 Å². The summed E-state index contributed by atoms with van der Waals surface area (Å²) in [5.74, 6) is 0. The molecule has 0 aliphatic heterocycles. The first-order valence-electron chi connectivity index (χ1n) is 1.58. The molecule has 1 N–H and O–H groups in total. The van der Waals surface area contributed by atoms with Crippen molar-refractivity contribution in [2.24, 2.45) is 0 Å². The van der Waals surface area contributed by atoms with Gasteiger partial charge in [0.05, 0.1) is 0 Å². The van der Waals surface area contributed by atoms with Crippen molar-refractivity contribution in [1.29, 1.82) is 0 Å². The predicted molar refractivity (Wildman–Crippen MR) is 31.2 cm³/mol. The molecule has 0 atom stereocenters. The van der Waals surface area contributed by atoms with Crippen LogP contribution in [0.5, 0.6) is 0 Å². The van der Waals surface area contributed by atoms with Crippen molar-refractivity contribution in [2.45, 2.75) is 0 Å². The van der Waals surface area contributed by atoms with Crippen LogP contribution in [0.3, 0.4) is 0 Å². The normalized spacial score (nSPS) is 5.71. The van der Waals surface area contributed by atoms with Crippen LogP contribution in [0.1, 0.15) is 0 Å². The number of nitrogens with one attached hydrogen (secondary N) is 1. The second kappa shape index (κ2) is 6.37. The van der Waals surface area contributed by atoms with Crippen molar-refractivity contribution in [1.82, 2.24) is 4.98 Å². The predicted octanol–water partition coefficient (Wildman–Crippen LogP) is 1.12. The van der Waals surface area contributed by atoms with Gasteiger partial charge in [0.2, 0.25) is 0 Å². The summed E-state index contributed by atoms with van der Waals surface area (Å²) in [5.41, 5.74) is 0. The largest absolute Gasteiger partial charge is 0.368 e. The molecule has 0 unspecified atom stereocenters. The van der Waals surface area contributed by atoms with Crippen LogP contribution < -0.4 is 0 Å². The minimum absolute atomic E-state index is 0. The Morgan fingerprint density at radius 2 is 1.43 bits per heavy atom. The van der Waals surface area contributed by atoms with E-state index in [2.05, 4.69) is 4.98 Å². The smallest absolute Gasteiger partial charge is 0.000496 e. The fourth-order valence-electron chi connectivity index (χ4n) is 0.278. The molecule has 0 spiro atoms. The topological polar surface area (TPSA) is 15.8 Å². The van der Waals surface area contributed by atoms with E-state index in [4.69, 9.17) is 0 Å². The molecule has 1 radical (unpaired) electrons. The molecule has 0 fully saturated rings. The van der Waals surface area contributed by atoms with E-state index in [0.717, 1.165) is 0 Å². The number of rotatable bonds is 0. The van der Waals surface area contributed by atoms with E-state index in [0.29, 0.717) is 0 Å². The van der Waals surface area contributed by atoms with Gasteiger partial charge in [0.25, 0.3) is 0 Å². The first kappa shape index (κ1) is 10.4. The average Bonchev–Trinajstić information content (AvgIpc) is 1.76. The molecule has 0 saturated heterocycles. The molecule has 7 heavy (non-hydrogen) atoms. The fourth-order valence-corrected chi connectivity index (χ4v) is 0.278. The van der Waals surface area contributed by atoms with Crippen LogP contribution in [0.2, 0.25) is 0 Å². The summed E-state index contributed by atoms with van der Waals surface area (Å²) in [4.78, 5) is 2.86. The Balaban J connectivity index is 0. The standard InChI is InChI=1S/C4H5N.Ag.H2S/c1-2-4-5-3-1;;/h1-5H;;1H2. The zero-order chi connectivity index (χ0) is 3.54. The molecule has 0 bridgehead atoms. The Kier molecular flexibility index (Phi) is 9.44. The third kappa shape index (κ3) is 4.22. The number of H-pyrrole nitrogens is 1. The third-order valence-corrected chi connectivity index (χ3v) is 0.496. The summed E-state index contributed by atoms with van der Waals surface area (Å²) >= 11 is 0. The van der Waals surface area contributed by atoms with Crippen LogP contribution in [0, 0.1) is 0 Å². The molecule has 0 amide bonds. The maximum atomic E-state index is 2.86. The second-order valence-corrected chi connectivity index (χ2v) is 0.885. The van der Waals surface area contributed by atoms with Crippen molar-refractivity contribution in [2.75, 3.05) is 0 Å². The summed E-state index contributed by atoms with van der Waals surface area (Å²) in [6.07, 6.45) is 3.75. The zero-order valence-corrected chi connectivity index (χ0v) is 6.09. The Labute approximate surface area is 65.5 Å². The summed E-state index contributed by atoms with van der Waals surface area (Å²) in [6.45, 7) is 0. The molecule has 3 heteroatoms. The molecule has 0 saturated carbocycles. The average molecular weight is 209 g/mol. The molecule has 1 nitrogen and oxygen atoms in total. The molecule has 1 aromatic rings. The van der Waals surface area contributed by atoms with E-state index in [1.54, 1.807) is 0 Å². The van der Waals surface area contributed by atoms with Gasteiger partial charge in [0, 0.05) is 34.8 Å². The van der Waals surface area contributed by atoms with E-state index < -0.39 is 0 Å². The Bertz CT molecular complexity index is 68.2. The first-order valence-corrected chi connectivity index (χ1v) is 1.58. The number of hydrogen-bond donors (Lipinski definition) is 1. The van der Waals surface area contributed by atoms with E-state index in [1.165, 1.54) is 0 Å². The Hall–Kier alpha value is 0.370. The first-order chi connectivity index (χ1) is 2.50. The maximum Gasteiger partial charge on any atom is 0.000496 e. The van der Waals surface area contributed by atoms with Crippen molar-refractivity contribution in [3.05, 3.63) is 24.5 Å². The van der Waals surface area contributed by atoms with Crippen LogP contribution >= 0.6 is 13.5 Å². The molecule has 45 valence electrons. The minimum Gasteiger partial charge on any atom is -0.368 e. The minimum atomic E-state index is 0. The Morgan fingerprint density at radius 3 is 1.57 bits per heavy atom. The maximum absolute atomic E-state index is 2.86. The van der Waals surface area contributed by atoms with E-state index in [9.17, 15) is 0 Å². The molecule has 0 aliphatic carbocycles. The van der Waals surface area contributed by atoms with Crippen LogP contribution in [-0.2, 0) is 22.4 Å². The SMILES string of the molecule is S.[Ag].c1cc[nH]c1. The second-order valence-electron chi connectivity index (χ2n) is 0.885. The molecular formula is C4H7AgNS. The molecular weight excluding hydrogens is 202 g/mol. The zero-order valence-electron chi connectivity index (χ0n) is 3.61. The van der Waals surface area contributed by atoms with Crippen LogP contribution in [-0.4, -0.2) is 4.98 Å². The van der Waals surface area contributed by atoms with Crippen LogP contribution in [0.15, 0.2) is 24.5 Å². The summed E-state index contributed by atoms with van der Waals surface area (Å²) in [7, 11) is 0. The van der Waals surface area contributed by atoms with Gasteiger partial charge in [-0.25, -0.2) is 0 Å². The third-order valence-electron chi connectivity index (χ3n) is 0.496.